The average molecular weight is 401 g/mol. The van der Waals surface area contributed by atoms with Crippen LogP contribution in [0.25, 0.3) is 0 Å². The Morgan fingerprint density at radius 2 is 0.786 bits per heavy atom. The van der Waals surface area contributed by atoms with E-state index in [1.165, 1.54) is 38.5 Å². The highest BCUT2D eigenvalue weighted by atomic mass is 16.5. The number of unbranched alkanes of at least 4 members (excludes halogenated alkanes) is 10. The molecule has 168 valence electrons. The summed E-state index contributed by atoms with van der Waals surface area (Å²) in [5.41, 5.74) is 0. The Balaban J connectivity index is 0. The van der Waals surface area contributed by atoms with Crippen molar-refractivity contribution in [3.63, 3.8) is 0 Å². The van der Waals surface area contributed by atoms with E-state index in [1.807, 2.05) is 0 Å². The van der Waals surface area contributed by atoms with Crippen molar-refractivity contribution in [3.8, 4) is 0 Å². The third kappa shape index (κ3) is 27.2. The van der Waals surface area contributed by atoms with Crippen LogP contribution in [0.4, 0.5) is 0 Å². The molecule has 0 aromatic carbocycles. The number of rotatable bonds is 18. The molecule has 0 rings (SSSR count). The van der Waals surface area contributed by atoms with Crippen LogP contribution in [0.1, 0.15) is 130 Å². The van der Waals surface area contributed by atoms with Crippen LogP contribution in [-0.4, -0.2) is 25.2 Å². The topological polar surface area (TPSA) is 52.6 Å². The largest absolute Gasteiger partial charge is 0.466 e. The fourth-order valence-corrected chi connectivity index (χ4v) is 2.61. The molecule has 0 unspecified atom stereocenters. The van der Waals surface area contributed by atoms with E-state index >= 15 is 0 Å². The van der Waals surface area contributed by atoms with Crippen LogP contribution in [0.2, 0.25) is 0 Å². The van der Waals surface area contributed by atoms with Gasteiger partial charge in [0.2, 0.25) is 0 Å². The number of carbonyl (C=O) groups is 2. The summed E-state index contributed by atoms with van der Waals surface area (Å²) in [6.45, 7) is 9.86. The van der Waals surface area contributed by atoms with Crippen molar-refractivity contribution < 1.29 is 19.1 Å². The minimum absolute atomic E-state index is 0.0186. The van der Waals surface area contributed by atoms with Crippen molar-refractivity contribution in [2.75, 3.05) is 13.2 Å². The van der Waals surface area contributed by atoms with E-state index in [1.54, 1.807) is 0 Å². The van der Waals surface area contributed by atoms with Gasteiger partial charge in [-0.15, -0.1) is 0 Å². The molecule has 4 heteroatoms. The third-order valence-electron chi connectivity index (χ3n) is 4.49. The van der Waals surface area contributed by atoms with Crippen LogP contribution >= 0.6 is 0 Å². The SMILES string of the molecule is CCCCCCOC(=O)CCCCC.CCCCCCOC(=O)CCCCC. The molecule has 0 aliphatic rings. The van der Waals surface area contributed by atoms with Crippen molar-refractivity contribution in [2.24, 2.45) is 0 Å². The molecule has 0 spiro atoms. The molecule has 0 saturated carbocycles. The third-order valence-corrected chi connectivity index (χ3v) is 4.49. The minimum Gasteiger partial charge on any atom is -0.466 e. The van der Waals surface area contributed by atoms with E-state index in [4.69, 9.17) is 9.47 Å². The monoisotopic (exact) mass is 400 g/mol. The first-order chi connectivity index (χ1) is 13.6. The maximum Gasteiger partial charge on any atom is 0.305 e. The maximum atomic E-state index is 11.1. The van der Waals surface area contributed by atoms with Crippen molar-refractivity contribution in [1.29, 1.82) is 0 Å². The normalized spacial score (nSPS) is 10.1. The fraction of sp³-hybridized carbons (Fsp3) is 0.917. The van der Waals surface area contributed by atoms with E-state index in [2.05, 4.69) is 27.7 Å². The second-order valence-electron chi connectivity index (χ2n) is 7.48. The van der Waals surface area contributed by atoms with Gasteiger partial charge in [-0.25, -0.2) is 0 Å². The van der Waals surface area contributed by atoms with Crippen LogP contribution in [0.3, 0.4) is 0 Å². The Morgan fingerprint density at radius 1 is 0.464 bits per heavy atom. The molecule has 0 fully saturated rings. The Hall–Kier alpha value is -1.06. The molecular formula is C24H48O4. The molecule has 0 aromatic rings. The highest BCUT2D eigenvalue weighted by molar-refractivity contribution is 5.69. The predicted octanol–water partition coefficient (Wildman–Crippen LogP) is 7.38. The summed E-state index contributed by atoms with van der Waals surface area (Å²) < 4.78 is 10.2. The molecule has 4 nitrogen and oxygen atoms in total. The van der Waals surface area contributed by atoms with Crippen molar-refractivity contribution in [2.45, 2.75) is 130 Å². The molecule has 0 amide bonds. The van der Waals surface area contributed by atoms with Gasteiger partial charge < -0.3 is 9.47 Å². The minimum atomic E-state index is -0.0186. The van der Waals surface area contributed by atoms with Crippen molar-refractivity contribution in [3.05, 3.63) is 0 Å². The molecule has 0 aliphatic carbocycles. The smallest absolute Gasteiger partial charge is 0.305 e. The second-order valence-corrected chi connectivity index (χ2v) is 7.48. The summed E-state index contributed by atoms with van der Waals surface area (Å²) in [4.78, 5) is 22.3. The highest BCUT2D eigenvalue weighted by Gasteiger charge is 2.02. The van der Waals surface area contributed by atoms with E-state index in [0.29, 0.717) is 26.1 Å². The first kappa shape index (κ1) is 29.1. The zero-order valence-electron chi connectivity index (χ0n) is 19.4. The Morgan fingerprint density at radius 3 is 1.11 bits per heavy atom. The maximum absolute atomic E-state index is 11.1. The molecule has 0 aliphatic heterocycles. The number of ether oxygens (including phenoxy) is 2. The van der Waals surface area contributed by atoms with Gasteiger partial charge in [0.1, 0.15) is 0 Å². The van der Waals surface area contributed by atoms with Gasteiger partial charge in [-0.05, 0) is 25.7 Å². The van der Waals surface area contributed by atoms with Gasteiger partial charge in [-0.3, -0.25) is 9.59 Å². The Bertz CT molecular complexity index is 297. The first-order valence-electron chi connectivity index (χ1n) is 11.9. The summed E-state index contributed by atoms with van der Waals surface area (Å²) in [6.07, 6.45) is 17.1. The lowest BCUT2D eigenvalue weighted by atomic mass is 10.2. The number of hydrogen-bond donors (Lipinski definition) is 0. The van der Waals surface area contributed by atoms with Gasteiger partial charge in [-0.1, -0.05) is 91.9 Å². The van der Waals surface area contributed by atoms with Crippen LogP contribution in [0.5, 0.6) is 0 Å². The molecule has 0 N–H and O–H groups in total. The van der Waals surface area contributed by atoms with Crippen molar-refractivity contribution in [1.82, 2.24) is 0 Å². The van der Waals surface area contributed by atoms with Gasteiger partial charge in [-0.2, -0.15) is 0 Å². The highest BCUT2D eigenvalue weighted by Crippen LogP contribution is 2.04. The molecule has 28 heavy (non-hydrogen) atoms. The summed E-state index contributed by atoms with van der Waals surface area (Å²) in [5.74, 6) is -0.0371. The number of carbonyl (C=O) groups excluding carboxylic acids is 2. The van der Waals surface area contributed by atoms with Gasteiger partial charge in [0.15, 0.2) is 0 Å². The zero-order chi connectivity index (χ0) is 21.3. The molecule has 0 bridgehead atoms. The standard InChI is InChI=1S/2C12H24O2/c2*1-3-5-7-9-11-14-12(13)10-8-6-4-2/h2*3-11H2,1-2H3. The predicted molar refractivity (Wildman–Crippen MR) is 118 cm³/mol. The lowest BCUT2D eigenvalue weighted by Gasteiger charge is -2.03. The van der Waals surface area contributed by atoms with Gasteiger partial charge >= 0.3 is 11.9 Å². The van der Waals surface area contributed by atoms with Crippen LogP contribution in [-0.2, 0) is 19.1 Å². The van der Waals surface area contributed by atoms with E-state index in [-0.39, 0.29) is 11.9 Å². The molecule has 0 atom stereocenters. The van der Waals surface area contributed by atoms with E-state index in [9.17, 15) is 9.59 Å². The van der Waals surface area contributed by atoms with Gasteiger partial charge in [0.25, 0.3) is 0 Å². The van der Waals surface area contributed by atoms with Crippen molar-refractivity contribution >= 4 is 11.9 Å². The lowest BCUT2D eigenvalue weighted by Crippen LogP contribution is -2.05. The fourth-order valence-electron chi connectivity index (χ4n) is 2.61. The average Bonchev–Trinajstić information content (AvgIpc) is 2.68. The zero-order valence-corrected chi connectivity index (χ0v) is 19.4. The Kier molecular flexibility index (Phi) is 27.0. The van der Waals surface area contributed by atoms with Gasteiger partial charge in [0, 0.05) is 12.8 Å². The molecule has 0 saturated heterocycles. The van der Waals surface area contributed by atoms with E-state index < -0.39 is 0 Å². The summed E-state index contributed by atoms with van der Waals surface area (Å²) in [6, 6.07) is 0. The second kappa shape index (κ2) is 25.9. The van der Waals surface area contributed by atoms with Crippen LogP contribution < -0.4 is 0 Å². The lowest BCUT2D eigenvalue weighted by molar-refractivity contribution is -0.144. The molecule has 0 aromatic heterocycles. The van der Waals surface area contributed by atoms with E-state index in [0.717, 1.165) is 51.4 Å². The molecule has 0 heterocycles. The molecular weight excluding hydrogens is 352 g/mol. The van der Waals surface area contributed by atoms with Crippen LogP contribution in [0.15, 0.2) is 0 Å². The summed E-state index contributed by atoms with van der Waals surface area (Å²) >= 11 is 0. The molecule has 0 radical (unpaired) electrons. The first-order valence-corrected chi connectivity index (χ1v) is 11.9. The van der Waals surface area contributed by atoms with Crippen LogP contribution in [0, 0.1) is 0 Å². The Labute approximate surface area is 175 Å². The quantitative estimate of drug-likeness (QED) is 0.178. The summed E-state index contributed by atoms with van der Waals surface area (Å²) in [7, 11) is 0. The summed E-state index contributed by atoms with van der Waals surface area (Å²) in [5, 5.41) is 0. The number of esters is 2. The van der Waals surface area contributed by atoms with Gasteiger partial charge in [0.05, 0.1) is 13.2 Å². The number of hydrogen-bond acceptors (Lipinski definition) is 4.